The van der Waals surface area contributed by atoms with Crippen LogP contribution in [0.15, 0.2) is 0 Å². The van der Waals surface area contributed by atoms with Gasteiger partial charge in [0.1, 0.15) is 0 Å². The van der Waals surface area contributed by atoms with Crippen LogP contribution in [0, 0.1) is 16.7 Å². The molecule has 98 valence electrons. The van der Waals surface area contributed by atoms with Crippen molar-refractivity contribution >= 4 is 5.91 Å². The summed E-state index contributed by atoms with van der Waals surface area (Å²) in [4.78, 5) is 14.6. The van der Waals surface area contributed by atoms with Gasteiger partial charge in [0.25, 0.3) is 0 Å². The van der Waals surface area contributed by atoms with Gasteiger partial charge in [-0.1, -0.05) is 27.7 Å². The molecule has 1 aliphatic carbocycles. The van der Waals surface area contributed by atoms with Crippen molar-refractivity contribution in [3.05, 3.63) is 0 Å². The SMILES string of the molecule is CC1(C)CN(C(=O)C2C(C)(C)C2(C)C)CCN1. The maximum Gasteiger partial charge on any atom is 0.226 e. The fourth-order valence-electron chi connectivity index (χ4n) is 3.33. The second-order valence-corrected chi connectivity index (χ2v) is 7.45. The van der Waals surface area contributed by atoms with E-state index in [0.717, 1.165) is 19.6 Å². The Bertz CT molecular complexity index is 330. The summed E-state index contributed by atoms with van der Waals surface area (Å²) in [6.07, 6.45) is 0. The molecule has 1 N–H and O–H groups in total. The molecule has 0 unspecified atom stereocenters. The molecule has 1 saturated carbocycles. The molecule has 0 atom stereocenters. The number of nitrogens with zero attached hydrogens (tertiary/aromatic N) is 1. The van der Waals surface area contributed by atoms with Crippen LogP contribution in [-0.4, -0.2) is 36.0 Å². The van der Waals surface area contributed by atoms with Gasteiger partial charge in [0.2, 0.25) is 5.91 Å². The first kappa shape index (κ1) is 12.9. The molecule has 0 radical (unpaired) electrons. The smallest absolute Gasteiger partial charge is 0.226 e. The zero-order valence-electron chi connectivity index (χ0n) is 12.1. The van der Waals surface area contributed by atoms with Crippen LogP contribution in [0.2, 0.25) is 0 Å². The van der Waals surface area contributed by atoms with Crippen molar-refractivity contribution in [2.45, 2.75) is 47.1 Å². The Morgan fingerprint density at radius 2 is 1.65 bits per heavy atom. The average molecular weight is 238 g/mol. The molecular formula is C14H26N2O. The fraction of sp³-hybridized carbons (Fsp3) is 0.929. The monoisotopic (exact) mass is 238 g/mol. The van der Waals surface area contributed by atoms with Crippen molar-refractivity contribution in [2.24, 2.45) is 16.7 Å². The molecule has 0 spiro atoms. The van der Waals surface area contributed by atoms with Crippen molar-refractivity contribution < 1.29 is 4.79 Å². The first-order valence-corrected chi connectivity index (χ1v) is 6.63. The summed E-state index contributed by atoms with van der Waals surface area (Å²) in [7, 11) is 0. The lowest BCUT2D eigenvalue weighted by Crippen LogP contribution is -2.58. The van der Waals surface area contributed by atoms with Gasteiger partial charge in [-0.05, 0) is 24.7 Å². The summed E-state index contributed by atoms with van der Waals surface area (Å²) in [6, 6.07) is 0. The molecule has 1 saturated heterocycles. The molecule has 0 aromatic rings. The summed E-state index contributed by atoms with van der Waals surface area (Å²) >= 11 is 0. The highest BCUT2D eigenvalue weighted by atomic mass is 16.2. The van der Waals surface area contributed by atoms with Gasteiger partial charge in [-0.2, -0.15) is 0 Å². The minimum Gasteiger partial charge on any atom is -0.339 e. The molecule has 1 aliphatic heterocycles. The normalized spacial score (nSPS) is 30.1. The van der Waals surface area contributed by atoms with Gasteiger partial charge in [0.15, 0.2) is 0 Å². The molecule has 0 bridgehead atoms. The third-order valence-corrected chi connectivity index (χ3v) is 5.15. The van der Waals surface area contributed by atoms with Crippen LogP contribution in [-0.2, 0) is 4.79 Å². The van der Waals surface area contributed by atoms with Crippen LogP contribution in [0.3, 0.4) is 0 Å². The second-order valence-electron chi connectivity index (χ2n) is 7.45. The minimum atomic E-state index is 0.0527. The van der Waals surface area contributed by atoms with E-state index in [2.05, 4.69) is 51.8 Å². The predicted molar refractivity (Wildman–Crippen MR) is 69.7 cm³/mol. The zero-order valence-corrected chi connectivity index (χ0v) is 12.1. The number of carbonyl (C=O) groups is 1. The number of nitrogens with one attached hydrogen (secondary N) is 1. The van der Waals surface area contributed by atoms with Crippen LogP contribution in [0.1, 0.15) is 41.5 Å². The quantitative estimate of drug-likeness (QED) is 0.756. The van der Waals surface area contributed by atoms with Gasteiger partial charge in [-0.25, -0.2) is 0 Å². The van der Waals surface area contributed by atoms with E-state index in [1.807, 2.05) is 0 Å². The number of hydrogen-bond acceptors (Lipinski definition) is 2. The van der Waals surface area contributed by atoms with Crippen molar-refractivity contribution in [2.75, 3.05) is 19.6 Å². The summed E-state index contributed by atoms with van der Waals surface area (Å²) < 4.78 is 0. The van der Waals surface area contributed by atoms with E-state index in [9.17, 15) is 4.79 Å². The second kappa shape index (κ2) is 3.47. The fourth-order valence-corrected chi connectivity index (χ4v) is 3.33. The highest BCUT2D eigenvalue weighted by Gasteiger charge is 2.68. The molecule has 2 aliphatic rings. The Morgan fingerprint density at radius 3 is 2.06 bits per heavy atom. The molecular weight excluding hydrogens is 212 g/mol. The standard InChI is InChI=1S/C14H26N2O/c1-12(2)9-16(8-7-15-12)11(17)10-13(3,4)14(10,5)6/h10,15H,7-9H2,1-6H3. The number of carbonyl (C=O) groups excluding carboxylic acids is 1. The first-order valence-electron chi connectivity index (χ1n) is 6.63. The maximum atomic E-state index is 12.6. The number of rotatable bonds is 1. The molecule has 0 aromatic carbocycles. The van der Waals surface area contributed by atoms with Crippen molar-refractivity contribution in [3.8, 4) is 0 Å². The highest BCUT2D eigenvalue weighted by molar-refractivity contribution is 5.84. The van der Waals surface area contributed by atoms with Crippen LogP contribution < -0.4 is 5.32 Å². The van der Waals surface area contributed by atoms with Crippen LogP contribution in [0.5, 0.6) is 0 Å². The number of hydrogen-bond donors (Lipinski definition) is 1. The molecule has 1 amide bonds. The van der Waals surface area contributed by atoms with Gasteiger partial charge >= 0.3 is 0 Å². The van der Waals surface area contributed by atoms with E-state index in [1.165, 1.54) is 0 Å². The lowest BCUT2D eigenvalue weighted by molar-refractivity contribution is -0.135. The van der Waals surface area contributed by atoms with Crippen molar-refractivity contribution in [1.82, 2.24) is 10.2 Å². The predicted octanol–water partition coefficient (Wildman–Crippen LogP) is 1.88. The van der Waals surface area contributed by atoms with E-state index >= 15 is 0 Å². The number of amides is 1. The Balaban J connectivity index is 2.08. The van der Waals surface area contributed by atoms with E-state index < -0.39 is 0 Å². The summed E-state index contributed by atoms with van der Waals surface area (Å²) in [6.45, 7) is 15.8. The van der Waals surface area contributed by atoms with E-state index in [-0.39, 0.29) is 22.3 Å². The molecule has 3 heteroatoms. The van der Waals surface area contributed by atoms with Crippen molar-refractivity contribution in [1.29, 1.82) is 0 Å². The maximum absolute atomic E-state index is 12.6. The summed E-state index contributed by atoms with van der Waals surface area (Å²) in [5.74, 6) is 0.554. The van der Waals surface area contributed by atoms with Crippen LogP contribution in [0.25, 0.3) is 0 Å². The molecule has 2 fully saturated rings. The van der Waals surface area contributed by atoms with Gasteiger partial charge < -0.3 is 10.2 Å². The van der Waals surface area contributed by atoms with Gasteiger partial charge in [0, 0.05) is 31.1 Å². The van der Waals surface area contributed by atoms with Gasteiger partial charge in [0.05, 0.1) is 0 Å². The highest BCUT2D eigenvalue weighted by Crippen LogP contribution is 2.68. The Labute approximate surface area is 105 Å². The Hall–Kier alpha value is -0.570. The first-order chi connectivity index (χ1) is 7.59. The lowest BCUT2D eigenvalue weighted by Gasteiger charge is -2.39. The molecule has 3 nitrogen and oxygen atoms in total. The third-order valence-electron chi connectivity index (χ3n) is 5.15. The Morgan fingerprint density at radius 1 is 1.12 bits per heavy atom. The largest absolute Gasteiger partial charge is 0.339 e. The van der Waals surface area contributed by atoms with Crippen LogP contribution >= 0.6 is 0 Å². The van der Waals surface area contributed by atoms with Crippen molar-refractivity contribution in [3.63, 3.8) is 0 Å². The van der Waals surface area contributed by atoms with E-state index in [4.69, 9.17) is 0 Å². The average Bonchev–Trinajstić information content (AvgIpc) is 2.55. The van der Waals surface area contributed by atoms with Gasteiger partial charge in [-0.15, -0.1) is 0 Å². The summed E-state index contributed by atoms with van der Waals surface area (Å²) in [5, 5.41) is 3.45. The zero-order chi connectivity index (χ0) is 13.1. The van der Waals surface area contributed by atoms with Crippen LogP contribution in [0.4, 0.5) is 0 Å². The number of piperazine rings is 1. The van der Waals surface area contributed by atoms with E-state index in [0.29, 0.717) is 5.91 Å². The topological polar surface area (TPSA) is 32.3 Å². The minimum absolute atomic E-state index is 0.0527. The molecule has 1 heterocycles. The van der Waals surface area contributed by atoms with Gasteiger partial charge in [-0.3, -0.25) is 4.79 Å². The molecule has 17 heavy (non-hydrogen) atoms. The summed E-state index contributed by atoms with van der Waals surface area (Å²) in [5.41, 5.74) is 0.356. The Kier molecular flexibility index (Phi) is 2.63. The molecule has 0 aromatic heterocycles. The molecule has 2 rings (SSSR count). The third kappa shape index (κ3) is 1.88. The van der Waals surface area contributed by atoms with E-state index in [1.54, 1.807) is 0 Å². The lowest BCUT2D eigenvalue weighted by atomic mass is 10.0.